The van der Waals surface area contributed by atoms with Crippen molar-refractivity contribution < 1.29 is 9.59 Å². The maximum Gasteiger partial charge on any atom is 0.236 e. The van der Waals surface area contributed by atoms with Crippen molar-refractivity contribution in [3.8, 4) is 0 Å². The molecule has 2 amide bonds. The van der Waals surface area contributed by atoms with Crippen molar-refractivity contribution in [3.05, 3.63) is 0 Å². The molecule has 110 valence electrons. The predicted octanol–water partition coefficient (Wildman–Crippen LogP) is -0.734. The van der Waals surface area contributed by atoms with Crippen LogP contribution in [-0.4, -0.2) is 74.5 Å². The maximum atomic E-state index is 11.8. The van der Waals surface area contributed by atoms with Crippen molar-refractivity contribution in [3.63, 3.8) is 0 Å². The normalized spacial score (nSPS) is 16.4. The van der Waals surface area contributed by atoms with Crippen LogP contribution in [0.5, 0.6) is 0 Å². The Hall–Kier alpha value is -1.14. The van der Waals surface area contributed by atoms with E-state index in [1.165, 1.54) is 0 Å². The molecule has 1 aliphatic heterocycles. The molecule has 1 heterocycles. The van der Waals surface area contributed by atoms with Crippen molar-refractivity contribution in [2.75, 3.05) is 52.9 Å². The lowest BCUT2D eigenvalue weighted by Gasteiger charge is -2.34. The van der Waals surface area contributed by atoms with Gasteiger partial charge in [0.05, 0.1) is 6.54 Å². The first-order chi connectivity index (χ1) is 9.17. The highest BCUT2D eigenvalue weighted by molar-refractivity contribution is 5.78. The molecule has 1 rings (SSSR count). The number of likely N-dealkylation sites (N-methyl/N-ethyl adjacent to an activating group) is 1. The van der Waals surface area contributed by atoms with E-state index < -0.39 is 0 Å². The number of hydrogen-bond donors (Lipinski definition) is 2. The van der Waals surface area contributed by atoms with E-state index in [0.29, 0.717) is 13.0 Å². The van der Waals surface area contributed by atoms with Crippen LogP contribution in [0.25, 0.3) is 0 Å². The summed E-state index contributed by atoms with van der Waals surface area (Å²) in [5.74, 6) is 0.284. The van der Waals surface area contributed by atoms with Gasteiger partial charge in [0.25, 0.3) is 0 Å². The molecule has 6 heteroatoms. The van der Waals surface area contributed by atoms with Crippen LogP contribution in [0.2, 0.25) is 0 Å². The molecular weight excluding hydrogens is 244 g/mol. The second kappa shape index (κ2) is 8.87. The largest absolute Gasteiger partial charge is 0.359 e. The van der Waals surface area contributed by atoms with E-state index in [4.69, 9.17) is 0 Å². The summed E-state index contributed by atoms with van der Waals surface area (Å²) in [6.07, 6.45) is 1.46. The van der Waals surface area contributed by atoms with Crippen molar-refractivity contribution in [2.24, 2.45) is 0 Å². The summed E-state index contributed by atoms with van der Waals surface area (Å²) < 4.78 is 0. The predicted molar refractivity (Wildman–Crippen MR) is 74.9 cm³/mol. The van der Waals surface area contributed by atoms with Crippen LogP contribution in [0.3, 0.4) is 0 Å². The molecule has 1 saturated heterocycles. The quantitative estimate of drug-likeness (QED) is 0.640. The maximum absolute atomic E-state index is 11.8. The van der Waals surface area contributed by atoms with E-state index in [2.05, 4.69) is 15.5 Å². The van der Waals surface area contributed by atoms with Gasteiger partial charge in [-0.1, -0.05) is 6.92 Å². The molecule has 19 heavy (non-hydrogen) atoms. The molecular formula is C13H26N4O2. The van der Waals surface area contributed by atoms with E-state index in [1.807, 2.05) is 11.8 Å². The van der Waals surface area contributed by atoms with Crippen molar-refractivity contribution in [1.82, 2.24) is 20.4 Å². The van der Waals surface area contributed by atoms with Gasteiger partial charge >= 0.3 is 0 Å². The van der Waals surface area contributed by atoms with E-state index in [-0.39, 0.29) is 11.8 Å². The summed E-state index contributed by atoms with van der Waals surface area (Å²) in [6, 6.07) is 0. The zero-order valence-corrected chi connectivity index (χ0v) is 12.1. The molecule has 0 aromatic heterocycles. The lowest BCUT2D eigenvalue weighted by Crippen LogP contribution is -2.50. The van der Waals surface area contributed by atoms with Gasteiger partial charge in [-0.25, -0.2) is 0 Å². The monoisotopic (exact) mass is 270 g/mol. The van der Waals surface area contributed by atoms with Gasteiger partial charge in [-0.2, -0.15) is 0 Å². The van der Waals surface area contributed by atoms with Crippen molar-refractivity contribution >= 4 is 11.8 Å². The van der Waals surface area contributed by atoms with E-state index >= 15 is 0 Å². The first-order valence-corrected chi connectivity index (χ1v) is 7.08. The van der Waals surface area contributed by atoms with Gasteiger partial charge in [-0.05, 0) is 19.5 Å². The molecule has 1 fully saturated rings. The SMILES string of the molecule is CCNCC(=O)N1CCN(CCCC(=O)NC)CC1. The third kappa shape index (κ3) is 6.02. The third-order valence-corrected chi connectivity index (χ3v) is 3.41. The van der Waals surface area contributed by atoms with Crippen LogP contribution >= 0.6 is 0 Å². The molecule has 0 aliphatic carbocycles. The Bertz CT molecular complexity index is 288. The molecule has 2 N–H and O–H groups in total. The Morgan fingerprint density at radius 1 is 1.16 bits per heavy atom. The number of amides is 2. The average molecular weight is 270 g/mol. The summed E-state index contributed by atoms with van der Waals surface area (Å²) in [4.78, 5) is 27.1. The standard InChI is InChI=1S/C13H26N4O2/c1-3-15-11-13(19)17-9-7-16(8-10-17)6-4-5-12(18)14-2/h15H,3-11H2,1-2H3,(H,14,18). The van der Waals surface area contributed by atoms with Gasteiger partial charge in [-0.15, -0.1) is 0 Å². The molecule has 1 aliphatic rings. The van der Waals surface area contributed by atoms with Crippen LogP contribution in [-0.2, 0) is 9.59 Å². The lowest BCUT2D eigenvalue weighted by molar-refractivity contribution is -0.131. The van der Waals surface area contributed by atoms with Crippen LogP contribution in [0.4, 0.5) is 0 Å². The molecule has 0 saturated carbocycles. The molecule has 0 atom stereocenters. The second-order valence-electron chi connectivity index (χ2n) is 4.78. The number of nitrogens with zero attached hydrogens (tertiary/aromatic N) is 2. The zero-order chi connectivity index (χ0) is 14.1. The van der Waals surface area contributed by atoms with E-state index in [0.717, 1.165) is 45.7 Å². The van der Waals surface area contributed by atoms with Gasteiger partial charge in [0.1, 0.15) is 0 Å². The van der Waals surface area contributed by atoms with Gasteiger partial charge in [0.15, 0.2) is 0 Å². The van der Waals surface area contributed by atoms with Gasteiger partial charge in [0, 0.05) is 39.6 Å². The number of piperazine rings is 1. The van der Waals surface area contributed by atoms with Crippen molar-refractivity contribution in [2.45, 2.75) is 19.8 Å². The van der Waals surface area contributed by atoms with Gasteiger partial charge < -0.3 is 15.5 Å². The molecule has 0 aromatic rings. The van der Waals surface area contributed by atoms with Crippen LogP contribution in [0.15, 0.2) is 0 Å². The third-order valence-electron chi connectivity index (χ3n) is 3.41. The minimum atomic E-state index is 0.0967. The minimum Gasteiger partial charge on any atom is -0.359 e. The highest BCUT2D eigenvalue weighted by atomic mass is 16.2. The Labute approximate surface area is 115 Å². The Kier molecular flexibility index (Phi) is 7.43. The fraction of sp³-hybridized carbons (Fsp3) is 0.846. The number of rotatable bonds is 7. The topological polar surface area (TPSA) is 64.7 Å². The molecule has 0 spiro atoms. The molecule has 0 unspecified atom stereocenters. The molecule has 6 nitrogen and oxygen atoms in total. The van der Waals surface area contributed by atoms with E-state index in [1.54, 1.807) is 7.05 Å². The summed E-state index contributed by atoms with van der Waals surface area (Å²) in [5, 5.41) is 5.69. The first kappa shape index (κ1) is 15.9. The van der Waals surface area contributed by atoms with Crippen LogP contribution < -0.4 is 10.6 Å². The molecule has 0 bridgehead atoms. The Balaban J connectivity index is 2.14. The van der Waals surface area contributed by atoms with Crippen LogP contribution in [0, 0.1) is 0 Å². The fourth-order valence-corrected chi connectivity index (χ4v) is 2.15. The number of hydrogen-bond acceptors (Lipinski definition) is 4. The summed E-state index contributed by atoms with van der Waals surface area (Å²) >= 11 is 0. The number of carbonyl (C=O) groups is 2. The van der Waals surface area contributed by atoms with E-state index in [9.17, 15) is 9.59 Å². The summed E-state index contributed by atoms with van der Waals surface area (Å²) in [5.41, 5.74) is 0. The molecule has 0 radical (unpaired) electrons. The Morgan fingerprint density at radius 3 is 2.42 bits per heavy atom. The lowest BCUT2D eigenvalue weighted by atomic mass is 10.2. The first-order valence-electron chi connectivity index (χ1n) is 7.08. The number of carbonyl (C=O) groups excluding carboxylic acids is 2. The van der Waals surface area contributed by atoms with Crippen LogP contribution in [0.1, 0.15) is 19.8 Å². The fourth-order valence-electron chi connectivity index (χ4n) is 2.15. The highest BCUT2D eigenvalue weighted by Crippen LogP contribution is 2.03. The zero-order valence-electron chi connectivity index (χ0n) is 12.1. The number of nitrogens with one attached hydrogen (secondary N) is 2. The van der Waals surface area contributed by atoms with Gasteiger partial charge in [-0.3, -0.25) is 14.5 Å². The average Bonchev–Trinajstić information content (AvgIpc) is 2.45. The summed E-state index contributed by atoms with van der Waals surface area (Å²) in [6.45, 7) is 7.60. The minimum absolute atomic E-state index is 0.0967. The molecule has 0 aromatic carbocycles. The summed E-state index contributed by atoms with van der Waals surface area (Å²) in [7, 11) is 1.66. The Morgan fingerprint density at radius 2 is 1.84 bits per heavy atom. The second-order valence-corrected chi connectivity index (χ2v) is 4.78. The van der Waals surface area contributed by atoms with Crippen molar-refractivity contribution in [1.29, 1.82) is 0 Å². The van der Waals surface area contributed by atoms with Gasteiger partial charge in [0.2, 0.25) is 11.8 Å². The highest BCUT2D eigenvalue weighted by Gasteiger charge is 2.20. The smallest absolute Gasteiger partial charge is 0.236 e.